The smallest absolute Gasteiger partial charge is 0.485 e. The third-order valence-electron chi connectivity index (χ3n) is 3.05. The molecule has 0 saturated carbocycles. The lowest BCUT2D eigenvalue weighted by atomic mass is 9.77. The molecule has 80 valence electrons. The van der Waals surface area contributed by atoms with E-state index in [1.54, 1.807) is 6.07 Å². The highest BCUT2D eigenvalue weighted by Crippen LogP contribution is 2.39. The quantitative estimate of drug-likeness (QED) is 0.662. The zero-order chi connectivity index (χ0) is 11.1. The second-order valence-corrected chi connectivity index (χ2v) is 4.02. The van der Waals surface area contributed by atoms with Crippen molar-refractivity contribution in [1.82, 2.24) is 0 Å². The summed E-state index contributed by atoms with van der Waals surface area (Å²) in [5.74, 6) is 0.808. The molecule has 1 aliphatic carbocycles. The number of para-hydroxylation sites is 1. The highest BCUT2D eigenvalue weighted by atomic mass is 16.5. The van der Waals surface area contributed by atoms with Crippen molar-refractivity contribution in [3.8, 4) is 5.75 Å². The largest absolute Gasteiger partial charge is 0.492 e. The molecular formula is C12H11BO3. The summed E-state index contributed by atoms with van der Waals surface area (Å²) in [6.45, 7) is 0. The van der Waals surface area contributed by atoms with Crippen LogP contribution in [-0.4, -0.2) is 23.3 Å². The van der Waals surface area contributed by atoms with Gasteiger partial charge in [-0.2, -0.15) is 0 Å². The van der Waals surface area contributed by atoms with Crippen LogP contribution in [0, 0.1) is 0 Å². The fraction of sp³-hybridized carbons (Fsp3) is 0.167. The van der Waals surface area contributed by atoms with Crippen molar-refractivity contribution >= 4 is 12.6 Å². The van der Waals surface area contributed by atoms with Crippen molar-refractivity contribution in [3.05, 3.63) is 48.1 Å². The predicted molar refractivity (Wildman–Crippen MR) is 61.7 cm³/mol. The van der Waals surface area contributed by atoms with Crippen LogP contribution in [0.5, 0.6) is 5.75 Å². The highest BCUT2D eigenvalue weighted by Gasteiger charge is 2.35. The van der Waals surface area contributed by atoms with Crippen LogP contribution in [-0.2, 0) is 0 Å². The molecule has 1 aliphatic heterocycles. The molecule has 2 atom stereocenters. The van der Waals surface area contributed by atoms with Crippen LogP contribution in [0.25, 0.3) is 0 Å². The number of rotatable bonds is 1. The lowest BCUT2D eigenvalue weighted by Gasteiger charge is -2.14. The van der Waals surface area contributed by atoms with Crippen LogP contribution in [0.4, 0.5) is 0 Å². The Bertz CT molecular complexity index is 479. The van der Waals surface area contributed by atoms with Gasteiger partial charge in [-0.1, -0.05) is 36.4 Å². The van der Waals surface area contributed by atoms with Crippen molar-refractivity contribution in [2.24, 2.45) is 0 Å². The average Bonchev–Trinajstić information content (AvgIpc) is 2.67. The number of hydrogen-bond donors (Lipinski definition) is 2. The van der Waals surface area contributed by atoms with E-state index in [-0.39, 0.29) is 12.0 Å². The third-order valence-corrected chi connectivity index (χ3v) is 3.05. The van der Waals surface area contributed by atoms with Gasteiger partial charge in [0, 0.05) is 16.9 Å². The van der Waals surface area contributed by atoms with Gasteiger partial charge in [-0.15, -0.1) is 0 Å². The van der Waals surface area contributed by atoms with Gasteiger partial charge >= 0.3 is 7.12 Å². The van der Waals surface area contributed by atoms with Crippen molar-refractivity contribution in [1.29, 1.82) is 0 Å². The first kappa shape index (κ1) is 9.69. The minimum atomic E-state index is -1.48. The molecule has 1 aromatic carbocycles. The minimum Gasteiger partial charge on any atom is -0.485 e. The van der Waals surface area contributed by atoms with Gasteiger partial charge in [0.05, 0.1) is 0 Å². The Labute approximate surface area is 93.8 Å². The van der Waals surface area contributed by atoms with Gasteiger partial charge in [0.2, 0.25) is 0 Å². The molecular weight excluding hydrogens is 203 g/mol. The molecule has 4 heteroatoms. The van der Waals surface area contributed by atoms with Crippen molar-refractivity contribution in [2.45, 2.75) is 12.0 Å². The average molecular weight is 214 g/mol. The number of ether oxygens (including phenoxy) is 1. The minimum absolute atomic E-state index is 0.0140. The van der Waals surface area contributed by atoms with Crippen molar-refractivity contribution in [2.75, 3.05) is 0 Å². The van der Waals surface area contributed by atoms with Gasteiger partial charge < -0.3 is 14.8 Å². The maximum atomic E-state index is 9.26. The summed E-state index contributed by atoms with van der Waals surface area (Å²) in [7, 11) is -1.48. The number of benzene rings is 1. The topological polar surface area (TPSA) is 49.7 Å². The summed E-state index contributed by atoms with van der Waals surface area (Å²) in [6, 6.07) is 5.47. The van der Waals surface area contributed by atoms with Crippen LogP contribution in [0.1, 0.15) is 11.5 Å². The first-order valence-corrected chi connectivity index (χ1v) is 5.28. The van der Waals surface area contributed by atoms with Crippen LogP contribution in [0.2, 0.25) is 0 Å². The van der Waals surface area contributed by atoms with Crippen LogP contribution >= 0.6 is 0 Å². The Morgan fingerprint density at radius 1 is 1.12 bits per heavy atom. The van der Waals surface area contributed by atoms with Gasteiger partial charge in [0.15, 0.2) is 0 Å². The molecule has 0 aromatic heterocycles. The molecule has 2 unspecified atom stereocenters. The Morgan fingerprint density at radius 2 is 1.94 bits per heavy atom. The molecule has 2 N–H and O–H groups in total. The standard InChI is InChI=1S/C12H11BO3/c14-13(15)10-6-3-5-9-8-4-1-2-7-11(8)16-12(9)10/h1-8,11,14-15H. The fourth-order valence-corrected chi connectivity index (χ4v) is 2.29. The molecule has 1 heterocycles. The molecule has 3 nitrogen and oxygen atoms in total. The Balaban J connectivity index is 2.11. The van der Waals surface area contributed by atoms with Gasteiger partial charge in [0.1, 0.15) is 11.9 Å². The summed E-state index contributed by atoms with van der Waals surface area (Å²) in [5.41, 5.74) is 1.46. The van der Waals surface area contributed by atoms with Crippen LogP contribution in [0.15, 0.2) is 42.5 Å². The lowest BCUT2D eigenvalue weighted by molar-refractivity contribution is 0.269. The second kappa shape index (κ2) is 3.51. The van der Waals surface area contributed by atoms with E-state index in [1.807, 2.05) is 30.4 Å². The summed E-state index contributed by atoms with van der Waals surface area (Å²) < 4.78 is 5.75. The maximum Gasteiger partial charge on any atom is 0.492 e. The number of fused-ring (bicyclic) bond motifs is 3. The van der Waals surface area contributed by atoms with E-state index in [9.17, 15) is 10.0 Å². The van der Waals surface area contributed by atoms with Gasteiger partial charge in [0.25, 0.3) is 0 Å². The normalized spacial score (nSPS) is 24.9. The zero-order valence-corrected chi connectivity index (χ0v) is 8.58. The predicted octanol–water partition coefficient (Wildman–Crippen LogP) is 0.337. The molecule has 0 radical (unpaired) electrons. The Kier molecular flexibility index (Phi) is 2.12. The van der Waals surface area contributed by atoms with Crippen molar-refractivity contribution in [3.63, 3.8) is 0 Å². The van der Waals surface area contributed by atoms with E-state index in [2.05, 4.69) is 6.08 Å². The summed E-state index contributed by atoms with van der Waals surface area (Å²) in [4.78, 5) is 0. The summed E-state index contributed by atoms with van der Waals surface area (Å²) in [6.07, 6.45) is 7.98. The van der Waals surface area contributed by atoms with Crippen LogP contribution < -0.4 is 10.2 Å². The van der Waals surface area contributed by atoms with Crippen LogP contribution in [0.3, 0.4) is 0 Å². The highest BCUT2D eigenvalue weighted by molar-refractivity contribution is 6.59. The molecule has 2 aliphatic rings. The SMILES string of the molecule is OB(O)c1cccc2c1OC1C=CC=CC21. The van der Waals surface area contributed by atoms with E-state index in [1.165, 1.54) is 0 Å². The molecule has 0 saturated heterocycles. The molecule has 0 amide bonds. The van der Waals surface area contributed by atoms with E-state index in [0.29, 0.717) is 11.2 Å². The maximum absolute atomic E-state index is 9.26. The molecule has 0 bridgehead atoms. The number of allylic oxidation sites excluding steroid dienone is 2. The van der Waals surface area contributed by atoms with E-state index >= 15 is 0 Å². The van der Waals surface area contributed by atoms with E-state index in [4.69, 9.17) is 4.74 Å². The second-order valence-electron chi connectivity index (χ2n) is 4.02. The van der Waals surface area contributed by atoms with Crippen molar-refractivity contribution < 1.29 is 14.8 Å². The van der Waals surface area contributed by atoms with Gasteiger partial charge in [-0.25, -0.2) is 0 Å². The fourth-order valence-electron chi connectivity index (χ4n) is 2.29. The molecule has 1 aromatic rings. The molecule has 16 heavy (non-hydrogen) atoms. The monoisotopic (exact) mass is 214 g/mol. The molecule has 3 rings (SSSR count). The summed E-state index contributed by atoms with van der Waals surface area (Å²) in [5, 5.41) is 18.5. The van der Waals surface area contributed by atoms with E-state index < -0.39 is 7.12 Å². The first-order valence-electron chi connectivity index (χ1n) is 5.28. The Hall–Kier alpha value is -1.52. The Morgan fingerprint density at radius 3 is 2.75 bits per heavy atom. The molecule has 0 spiro atoms. The van der Waals surface area contributed by atoms with Gasteiger partial charge in [-0.3, -0.25) is 0 Å². The summed E-state index contributed by atoms with van der Waals surface area (Å²) >= 11 is 0. The third kappa shape index (κ3) is 1.31. The number of hydrogen-bond acceptors (Lipinski definition) is 3. The lowest BCUT2D eigenvalue weighted by Crippen LogP contribution is -2.31. The first-order chi connectivity index (χ1) is 7.77. The molecule has 0 fully saturated rings. The zero-order valence-electron chi connectivity index (χ0n) is 8.58. The van der Waals surface area contributed by atoms with Gasteiger partial charge in [-0.05, 0) is 6.08 Å². The van der Waals surface area contributed by atoms with E-state index in [0.717, 1.165) is 5.56 Å².